The minimum absolute atomic E-state index is 0.0113. The van der Waals surface area contributed by atoms with Crippen LogP contribution < -0.4 is 5.32 Å². The van der Waals surface area contributed by atoms with Gasteiger partial charge in [0.1, 0.15) is 11.6 Å². The van der Waals surface area contributed by atoms with E-state index in [2.05, 4.69) is 10.4 Å². The van der Waals surface area contributed by atoms with E-state index in [1.165, 1.54) is 12.1 Å². The first kappa shape index (κ1) is 19.8. The molecule has 1 aliphatic rings. The first-order chi connectivity index (χ1) is 13.3. The number of benzene rings is 1. The van der Waals surface area contributed by atoms with E-state index in [0.717, 1.165) is 5.69 Å². The molecule has 2 heterocycles. The molecule has 0 saturated carbocycles. The van der Waals surface area contributed by atoms with Crippen LogP contribution in [0.15, 0.2) is 30.3 Å². The van der Waals surface area contributed by atoms with Crippen molar-refractivity contribution in [1.29, 1.82) is 0 Å². The van der Waals surface area contributed by atoms with Gasteiger partial charge in [-0.3, -0.25) is 9.69 Å². The highest BCUT2D eigenvalue weighted by atomic mass is 19.1. The van der Waals surface area contributed by atoms with Gasteiger partial charge in [-0.25, -0.2) is 13.9 Å². The third-order valence-corrected chi connectivity index (χ3v) is 4.56. The summed E-state index contributed by atoms with van der Waals surface area (Å²) >= 11 is 0. The van der Waals surface area contributed by atoms with Crippen molar-refractivity contribution >= 4 is 17.8 Å². The Morgan fingerprint density at radius 2 is 1.79 bits per heavy atom. The van der Waals surface area contributed by atoms with Gasteiger partial charge in [-0.2, -0.15) is 5.10 Å². The van der Waals surface area contributed by atoms with Crippen molar-refractivity contribution in [2.75, 3.05) is 52.1 Å². The van der Waals surface area contributed by atoms with Gasteiger partial charge in [-0.15, -0.1) is 0 Å². The molecule has 1 aromatic carbocycles. The van der Waals surface area contributed by atoms with Crippen LogP contribution in [0.25, 0.3) is 5.69 Å². The van der Waals surface area contributed by atoms with Crippen LogP contribution in [0, 0.1) is 12.7 Å². The number of anilines is 1. The highest BCUT2D eigenvalue weighted by Crippen LogP contribution is 2.17. The molecule has 0 aliphatic carbocycles. The number of piperazine rings is 1. The summed E-state index contributed by atoms with van der Waals surface area (Å²) in [5, 5.41) is 7.25. The Balaban J connectivity index is 1.59. The topological polar surface area (TPSA) is 73.7 Å². The molecule has 0 unspecified atom stereocenters. The number of amides is 3. The number of nitrogens with one attached hydrogen (secondary N) is 1. The number of hydrogen-bond acceptors (Lipinski definition) is 4. The lowest BCUT2D eigenvalue weighted by molar-refractivity contribution is -0.117. The van der Waals surface area contributed by atoms with E-state index in [0.29, 0.717) is 37.7 Å². The van der Waals surface area contributed by atoms with Crippen molar-refractivity contribution in [2.45, 2.75) is 6.92 Å². The summed E-state index contributed by atoms with van der Waals surface area (Å²) in [5.41, 5.74) is 1.41. The van der Waals surface area contributed by atoms with Gasteiger partial charge < -0.3 is 15.1 Å². The molecule has 1 saturated heterocycles. The molecule has 1 aromatic heterocycles. The minimum Gasteiger partial charge on any atom is -0.331 e. The van der Waals surface area contributed by atoms with E-state index in [1.54, 1.807) is 46.8 Å². The first-order valence-electron chi connectivity index (χ1n) is 9.14. The molecular formula is C19H25FN6O2. The highest BCUT2D eigenvalue weighted by molar-refractivity contribution is 5.91. The molecular weight excluding hydrogens is 363 g/mol. The predicted octanol–water partition coefficient (Wildman–Crippen LogP) is 1.56. The first-order valence-corrected chi connectivity index (χ1v) is 9.14. The average Bonchev–Trinajstić information content (AvgIpc) is 3.02. The molecule has 0 spiro atoms. The summed E-state index contributed by atoms with van der Waals surface area (Å²) in [7, 11) is 3.46. The van der Waals surface area contributed by atoms with Crippen molar-refractivity contribution in [3.8, 4) is 5.69 Å². The van der Waals surface area contributed by atoms with Gasteiger partial charge in [0.05, 0.1) is 17.9 Å². The minimum atomic E-state index is -0.329. The van der Waals surface area contributed by atoms with Gasteiger partial charge in [0, 0.05) is 46.3 Å². The van der Waals surface area contributed by atoms with Crippen LogP contribution in [0.1, 0.15) is 5.69 Å². The summed E-state index contributed by atoms with van der Waals surface area (Å²) in [6.07, 6.45) is 0. The Hall–Kier alpha value is -2.94. The molecule has 8 nitrogen and oxygen atoms in total. The Labute approximate surface area is 163 Å². The van der Waals surface area contributed by atoms with Crippen LogP contribution in [0.2, 0.25) is 0 Å². The van der Waals surface area contributed by atoms with Crippen LogP contribution in [-0.4, -0.2) is 83.2 Å². The van der Waals surface area contributed by atoms with Gasteiger partial charge in [-0.05, 0) is 31.2 Å². The van der Waals surface area contributed by atoms with Crippen LogP contribution in [0.4, 0.5) is 15.0 Å². The lowest BCUT2D eigenvalue weighted by Gasteiger charge is -2.35. The molecule has 1 aliphatic heterocycles. The lowest BCUT2D eigenvalue weighted by Crippen LogP contribution is -2.52. The van der Waals surface area contributed by atoms with E-state index in [-0.39, 0.29) is 24.3 Å². The van der Waals surface area contributed by atoms with E-state index in [1.807, 2.05) is 11.8 Å². The predicted molar refractivity (Wildman–Crippen MR) is 104 cm³/mol. The Bertz CT molecular complexity index is 841. The van der Waals surface area contributed by atoms with E-state index in [4.69, 9.17) is 0 Å². The number of rotatable bonds is 4. The summed E-state index contributed by atoms with van der Waals surface area (Å²) in [5.74, 6) is 0.0521. The number of halogens is 1. The third-order valence-electron chi connectivity index (χ3n) is 4.56. The van der Waals surface area contributed by atoms with Crippen molar-refractivity contribution < 1.29 is 14.0 Å². The number of aryl methyl sites for hydroxylation is 1. The zero-order chi connectivity index (χ0) is 20.3. The fourth-order valence-electron chi connectivity index (χ4n) is 3.13. The number of aromatic nitrogens is 2. The highest BCUT2D eigenvalue weighted by Gasteiger charge is 2.23. The van der Waals surface area contributed by atoms with Gasteiger partial charge in [-0.1, -0.05) is 0 Å². The normalized spacial score (nSPS) is 14.8. The molecule has 0 radical (unpaired) electrons. The van der Waals surface area contributed by atoms with Gasteiger partial charge >= 0.3 is 6.03 Å². The Kier molecular flexibility index (Phi) is 5.93. The second-order valence-corrected chi connectivity index (χ2v) is 7.05. The van der Waals surface area contributed by atoms with Crippen molar-refractivity contribution in [3.05, 3.63) is 41.8 Å². The van der Waals surface area contributed by atoms with E-state index in [9.17, 15) is 14.0 Å². The van der Waals surface area contributed by atoms with Gasteiger partial charge in [0.15, 0.2) is 0 Å². The second kappa shape index (κ2) is 8.39. The van der Waals surface area contributed by atoms with Gasteiger partial charge in [0.25, 0.3) is 0 Å². The molecule has 0 atom stereocenters. The number of carbonyl (C=O) groups excluding carboxylic acids is 2. The number of nitrogens with zero attached hydrogens (tertiary/aromatic N) is 5. The van der Waals surface area contributed by atoms with Crippen LogP contribution >= 0.6 is 0 Å². The fraction of sp³-hybridized carbons (Fsp3) is 0.421. The molecule has 2 aromatic rings. The largest absolute Gasteiger partial charge is 0.331 e. The summed E-state index contributed by atoms with van der Waals surface area (Å²) in [4.78, 5) is 29.8. The van der Waals surface area contributed by atoms with Crippen molar-refractivity contribution in [1.82, 2.24) is 24.5 Å². The monoisotopic (exact) mass is 388 g/mol. The molecule has 150 valence electrons. The Morgan fingerprint density at radius 3 is 2.39 bits per heavy atom. The van der Waals surface area contributed by atoms with Crippen molar-refractivity contribution in [2.24, 2.45) is 0 Å². The van der Waals surface area contributed by atoms with E-state index >= 15 is 0 Å². The number of hydrogen-bond donors (Lipinski definition) is 1. The zero-order valence-corrected chi connectivity index (χ0v) is 16.4. The Morgan fingerprint density at radius 1 is 1.14 bits per heavy atom. The third kappa shape index (κ3) is 4.66. The summed E-state index contributed by atoms with van der Waals surface area (Å²) < 4.78 is 14.8. The molecule has 28 heavy (non-hydrogen) atoms. The standard InChI is InChI=1S/C19H25FN6O2/c1-14-12-17(26(22-14)16-6-4-15(20)5-7-16)21-18(27)13-24-8-10-25(11-9-24)19(28)23(2)3/h4-7,12H,8-11,13H2,1-3H3,(H,21,27). The molecule has 3 amide bonds. The molecule has 9 heteroatoms. The maximum Gasteiger partial charge on any atom is 0.319 e. The quantitative estimate of drug-likeness (QED) is 0.863. The maximum atomic E-state index is 13.2. The number of urea groups is 1. The van der Waals surface area contributed by atoms with Crippen LogP contribution in [0.3, 0.4) is 0 Å². The zero-order valence-electron chi connectivity index (χ0n) is 16.4. The molecule has 1 N–H and O–H groups in total. The fourth-order valence-corrected chi connectivity index (χ4v) is 3.13. The summed E-state index contributed by atoms with van der Waals surface area (Å²) in [6, 6.07) is 7.69. The van der Waals surface area contributed by atoms with Crippen LogP contribution in [0.5, 0.6) is 0 Å². The lowest BCUT2D eigenvalue weighted by atomic mass is 10.3. The molecule has 1 fully saturated rings. The SMILES string of the molecule is Cc1cc(NC(=O)CN2CCN(C(=O)N(C)C)CC2)n(-c2ccc(F)cc2)n1. The van der Waals surface area contributed by atoms with Crippen LogP contribution in [-0.2, 0) is 4.79 Å². The molecule has 3 rings (SSSR count). The summed E-state index contributed by atoms with van der Waals surface area (Å²) in [6.45, 7) is 4.54. The molecule has 0 bridgehead atoms. The second-order valence-electron chi connectivity index (χ2n) is 7.05. The van der Waals surface area contributed by atoms with Gasteiger partial charge in [0.2, 0.25) is 5.91 Å². The number of carbonyl (C=O) groups is 2. The average molecular weight is 388 g/mol. The smallest absolute Gasteiger partial charge is 0.319 e. The maximum absolute atomic E-state index is 13.2. The van der Waals surface area contributed by atoms with Crippen molar-refractivity contribution in [3.63, 3.8) is 0 Å². The van der Waals surface area contributed by atoms with E-state index < -0.39 is 0 Å².